The van der Waals surface area contributed by atoms with Gasteiger partial charge in [-0.1, -0.05) is 35.3 Å². The number of hydrogen-bond donors (Lipinski definition) is 1. The minimum Gasteiger partial charge on any atom is -0.496 e. The normalized spacial score (nSPS) is 16.3. The molecule has 3 rings (SSSR count). The third-order valence-corrected chi connectivity index (χ3v) is 4.64. The van der Waals surface area contributed by atoms with E-state index in [0.717, 1.165) is 40.9 Å². The zero-order valence-corrected chi connectivity index (χ0v) is 13.3. The van der Waals surface area contributed by atoms with E-state index in [1.165, 1.54) is 5.56 Å². The Kier molecular flexibility index (Phi) is 4.12. The highest BCUT2D eigenvalue weighted by molar-refractivity contribution is 6.30. The Hall–Kier alpha value is -1.22. The number of halogens is 2. The van der Waals surface area contributed by atoms with Crippen LogP contribution in [0.1, 0.15) is 11.1 Å². The van der Waals surface area contributed by atoms with E-state index in [-0.39, 0.29) is 5.41 Å². The van der Waals surface area contributed by atoms with Gasteiger partial charge in [-0.15, -0.1) is 0 Å². The standard InChI is InChI=1S/C17H17Cl2NO/c1-21-16-7-6-15(19)8-12(16)9-17(10-20-11-17)13-2-4-14(18)5-3-13/h2-8,20H,9-11H2,1H3. The molecule has 1 aliphatic rings. The molecule has 1 aliphatic heterocycles. The average molecular weight is 322 g/mol. The monoisotopic (exact) mass is 321 g/mol. The zero-order valence-electron chi connectivity index (χ0n) is 11.8. The van der Waals surface area contributed by atoms with Crippen LogP contribution >= 0.6 is 23.2 Å². The van der Waals surface area contributed by atoms with Crippen LogP contribution in [0.15, 0.2) is 42.5 Å². The van der Waals surface area contributed by atoms with E-state index in [0.29, 0.717) is 0 Å². The molecule has 1 fully saturated rings. The first-order valence-corrected chi connectivity index (χ1v) is 7.68. The Morgan fingerprint density at radius 2 is 1.71 bits per heavy atom. The van der Waals surface area contributed by atoms with Gasteiger partial charge in [-0.05, 0) is 47.9 Å². The maximum absolute atomic E-state index is 6.14. The maximum Gasteiger partial charge on any atom is 0.122 e. The van der Waals surface area contributed by atoms with Gasteiger partial charge in [0, 0.05) is 28.5 Å². The average Bonchev–Trinajstić information content (AvgIpc) is 2.44. The molecular weight excluding hydrogens is 305 g/mol. The number of ether oxygens (including phenoxy) is 1. The van der Waals surface area contributed by atoms with E-state index in [9.17, 15) is 0 Å². The second kappa shape index (κ2) is 5.88. The Balaban J connectivity index is 1.94. The first-order chi connectivity index (χ1) is 10.1. The summed E-state index contributed by atoms with van der Waals surface area (Å²) in [6.45, 7) is 1.90. The summed E-state index contributed by atoms with van der Waals surface area (Å²) in [7, 11) is 1.70. The zero-order chi connectivity index (χ0) is 14.9. The molecule has 0 spiro atoms. The number of hydrogen-bond acceptors (Lipinski definition) is 2. The molecule has 21 heavy (non-hydrogen) atoms. The molecule has 110 valence electrons. The van der Waals surface area contributed by atoms with Gasteiger partial charge in [-0.25, -0.2) is 0 Å². The van der Waals surface area contributed by atoms with E-state index in [1.54, 1.807) is 7.11 Å². The lowest BCUT2D eigenvalue weighted by Crippen LogP contribution is -2.58. The summed E-state index contributed by atoms with van der Waals surface area (Å²) >= 11 is 12.1. The highest BCUT2D eigenvalue weighted by Crippen LogP contribution is 2.36. The molecule has 0 aliphatic carbocycles. The molecule has 1 N–H and O–H groups in total. The van der Waals surface area contributed by atoms with Crippen LogP contribution in [0.2, 0.25) is 10.0 Å². The van der Waals surface area contributed by atoms with E-state index >= 15 is 0 Å². The summed E-state index contributed by atoms with van der Waals surface area (Å²) in [5.41, 5.74) is 2.52. The third kappa shape index (κ3) is 2.89. The lowest BCUT2D eigenvalue weighted by atomic mass is 9.71. The first kappa shape index (κ1) is 14.7. The maximum atomic E-state index is 6.14. The summed E-state index contributed by atoms with van der Waals surface area (Å²) in [6.07, 6.45) is 0.894. The molecule has 1 saturated heterocycles. The lowest BCUT2D eigenvalue weighted by molar-refractivity contribution is 0.271. The Morgan fingerprint density at radius 1 is 1.05 bits per heavy atom. The summed E-state index contributed by atoms with van der Waals surface area (Å²) in [4.78, 5) is 0. The van der Waals surface area contributed by atoms with Crippen molar-refractivity contribution in [3.8, 4) is 5.75 Å². The van der Waals surface area contributed by atoms with Crippen molar-refractivity contribution in [3.63, 3.8) is 0 Å². The summed E-state index contributed by atoms with van der Waals surface area (Å²) < 4.78 is 5.47. The lowest BCUT2D eigenvalue weighted by Gasteiger charge is -2.43. The van der Waals surface area contributed by atoms with Gasteiger partial charge >= 0.3 is 0 Å². The number of benzene rings is 2. The van der Waals surface area contributed by atoms with Crippen molar-refractivity contribution in [2.24, 2.45) is 0 Å². The molecule has 1 heterocycles. The minimum absolute atomic E-state index is 0.0859. The topological polar surface area (TPSA) is 21.3 Å². The van der Waals surface area contributed by atoms with Gasteiger partial charge in [0.25, 0.3) is 0 Å². The van der Waals surface area contributed by atoms with Gasteiger partial charge < -0.3 is 10.1 Å². The summed E-state index contributed by atoms with van der Waals surface area (Å²) in [5, 5.41) is 4.89. The molecule has 0 saturated carbocycles. The van der Waals surface area contributed by atoms with Crippen molar-refractivity contribution in [3.05, 3.63) is 63.6 Å². The fourth-order valence-corrected chi connectivity index (χ4v) is 3.23. The van der Waals surface area contributed by atoms with Gasteiger partial charge in [-0.3, -0.25) is 0 Å². The van der Waals surface area contributed by atoms with Gasteiger partial charge in [0.15, 0.2) is 0 Å². The van der Waals surface area contributed by atoms with Crippen molar-refractivity contribution < 1.29 is 4.74 Å². The molecule has 0 atom stereocenters. The van der Waals surface area contributed by atoms with Crippen molar-refractivity contribution in [1.29, 1.82) is 0 Å². The van der Waals surface area contributed by atoms with Gasteiger partial charge in [0.2, 0.25) is 0 Å². The Bertz CT molecular complexity index is 636. The van der Waals surface area contributed by atoms with Crippen molar-refractivity contribution in [1.82, 2.24) is 5.32 Å². The first-order valence-electron chi connectivity index (χ1n) is 6.92. The fourth-order valence-electron chi connectivity index (χ4n) is 2.91. The Labute approximate surface area is 135 Å². The molecular formula is C17H17Cl2NO. The van der Waals surface area contributed by atoms with Crippen LogP contribution in [0, 0.1) is 0 Å². The van der Waals surface area contributed by atoms with E-state index < -0.39 is 0 Å². The molecule has 0 bridgehead atoms. The number of nitrogens with one attached hydrogen (secondary N) is 1. The molecule has 0 amide bonds. The number of rotatable bonds is 4. The molecule has 2 aromatic rings. The molecule has 0 aromatic heterocycles. The smallest absolute Gasteiger partial charge is 0.122 e. The largest absolute Gasteiger partial charge is 0.496 e. The third-order valence-electron chi connectivity index (χ3n) is 4.15. The molecule has 0 unspecified atom stereocenters. The van der Waals surface area contributed by atoms with Crippen LogP contribution in [-0.2, 0) is 11.8 Å². The highest BCUT2D eigenvalue weighted by atomic mass is 35.5. The van der Waals surface area contributed by atoms with Gasteiger partial charge in [0.05, 0.1) is 7.11 Å². The second-order valence-corrected chi connectivity index (χ2v) is 6.40. The Morgan fingerprint density at radius 3 is 2.29 bits per heavy atom. The number of methoxy groups -OCH3 is 1. The summed E-state index contributed by atoms with van der Waals surface area (Å²) in [5.74, 6) is 0.889. The molecule has 0 radical (unpaired) electrons. The highest BCUT2D eigenvalue weighted by Gasteiger charge is 2.39. The van der Waals surface area contributed by atoms with Crippen LogP contribution in [0.5, 0.6) is 5.75 Å². The van der Waals surface area contributed by atoms with Gasteiger partial charge in [-0.2, -0.15) is 0 Å². The molecule has 2 nitrogen and oxygen atoms in total. The van der Waals surface area contributed by atoms with Crippen LogP contribution in [-0.4, -0.2) is 20.2 Å². The minimum atomic E-state index is 0.0859. The predicted octanol–water partition coefficient (Wildman–Crippen LogP) is 4.09. The predicted molar refractivity (Wildman–Crippen MR) is 87.7 cm³/mol. The van der Waals surface area contributed by atoms with E-state index in [4.69, 9.17) is 27.9 Å². The summed E-state index contributed by atoms with van der Waals surface area (Å²) in [6, 6.07) is 13.9. The van der Waals surface area contributed by atoms with Crippen LogP contribution in [0.3, 0.4) is 0 Å². The SMILES string of the molecule is COc1ccc(Cl)cc1CC1(c2ccc(Cl)cc2)CNC1. The van der Waals surface area contributed by atoms with E-state index in [2.05, 4.69) is 17.4 Å². The quantitative estimate of drug-likeness (QED) is 0.915. The van der Waals surface area contributed by atoms with Crippen molar-refractivity contribution in [2.75, 3.05) is 20.2 Å². The van der Waals surface area contributed by atoms with Crippen molar-refractivity contribution in [2.45, 2.75) is 11.8 Å². The van der Waals surface area contributed by atoms with Crippen LogP contribution in [0.4, 0.5) is 0 Å². The van der Waals surface area contributed by atoms with Crippen LogP contribution < -0.4 is 10.1 Å². The van der Waals surface area contributed by atoms with Gasteiger partial charge in [0.1, 0.15) is 5.75 Å². The van der Waals surface area contributed by atoms with Crippen molar-refractivity contribution >= 4 is 23.2 Å². The molecule has 2 aromatic carbocycles. The second-order valence-electron chi connectivity index (χ2n) is 5.52. The molecule has 4 heteroatoms. The van der Waals surface area contributed by atoms with Crippen LogP contribution in [0.25, 0.3) is 0 Å². The van der Waals surface area contributed by atoms with E-state index in [1.807, 2.05) is 30.3 Å². The fraction of sp³-hybridized carbons (Fsp3) is 0.294.